The maximum Gasteiger partial charge on any atom is 0.472 e. The molecule has 0 radical (unpaired) electrons. The topological polar surface area (TPSA) is 237 Å². The van der Waals surface area contributed by atoms with Gasteiger partial charge in [-0.25, -0.2) is 9.13 Å². The number of carbonyl (C=O) groups is 4. The molecule has 87 heavy (non-hydrogen) atoms. The highest BCUT2D eigenvalue weighted by atomic mass is 31.2. The molecular weight excluding hydrogens is 1150 g/mol. The summed E-state index contributed by atoms with van der Waals surface area (Å²) < 4.78 is 68.0. The second kappa shape index (κ2) is 62.8. The summed E-state index contributed by atoms with van der Waals surface area (Å²) in [5, 5.41) is 10.5. The standard InChI is InChI=1S/C68H132O17P2/c1-5-9-13-17-20-23-26-28-30-31-33-35-37-40-43-47-51-55-68(73)85-64(59-79-66(71)53-49-45-41-39-36-34-32-29-27-24-21-18-14-10-6-2)61-83-87(76,77)81-57-62(69)56-80-86(74,75)82-60-63(58-78-65(70)52-48-44-16-12-8-4)84-67(72)54-50-46-42-38-25-22-19-15-11-7-3/h62-64,69H,5-61H2,1-4H3,(H,74,75)(H,76,77)/t62-,63+,64+/m0/s1. The minimum atomic E-state index is -4.95. The van der Waals surface area contributed by atoms with Gasteiger partial charge in [0.25, 0.3) is 0 Å². The van der Waals surface area contributed by atoms with Crippen LogP contribution in [0.25, 0.3) is 0 Å². The molecule has 0 aliphatic rings. The molecule has 0 aromatic heterocycles. The highest BCUT2D eigenvalue weighted by molar-refractivity contribution is 7.47. The molecule has 0 heterocycles. The Bertz CT molecular complexity index is 1670. The number of carbonyl (C=O) groups excluding carboxylic acids is 4. The van der Waals surface area contributed by atoms with Gasteiger partial charge in [-0.2, -0.15) is 0 Å². The number of phosphoric acid groups is 2. The SMILES string of the molecule is CCCCCCCCCCCCCCCCCCCC(=O)O[C@H](COC(=O)CCCCCCCCCCCCCCCCC)COP(=O)(O)OC[C@@H](O)COP(=O)(O)OC[C@@H](COC(=O)CCCCCCC)OC(=O)CCCCCCCCCCCC. The minimum Gasteiger partial charge on any atom is -0.462 e. The summed E-state index contributed by atoms with van der Waals surface area (Å²) in [6.07, 6.45) is 50.3. The van der Waals surface area contributed by atoms with Crippen LogP contribution in [0, 0.1) is 0 Å². The molecule has 0 spiro atoms. The third-order valence-corrected chi connectivity index (χ3v) is 17.8. The molecule has 0 aliphatic heterocycles. The molecule has 5 atom stereocenters. The molecule has 0 aromatic rings. The first-order chi connectivity index (χ1) is 42.2. The minimum absolute atomic E-state index is 0.106. The Morgan fingerprint density at radius 1 is 0.276 bits per heavy atom. The van der Waals surface area contributed by atoms with Crippen molar-refractivity contribution in [3.8, 4) is 0 Å². The molecule has 0 amide bonds. The van der Waals surface area contributed by atoms with Crippen LogP contribution in [0.1, 0.15) is 355 Å². The van der Waals surface area contributed by atoms with E-state index >= 15 is 0 Å². The van der Waals surface area contributed by atoms with E-state index < -0.39 is 97.5 Å². The van der Waals surface area contributed by atoms with E-state index in [1.54, 1.807) is 0 Å². The number of hydrogen-bond acceptors (Lipinski definition) is 15. The summed E-state index contributed by atoms with van der Waals surface area (Å²) in [5.41, 5.74) is 0. The van der Waals surface area contributed by atoms with Crippen LogP contribution in [0.3, 0.4) is 0 Å². The number of ether oxygens (including phenoxy) is 4. The van der Waals surface area contributed by atoms with Crippen LogP contribution in [0.5, 0.6) is 0 Å². The molecule has 17 nitrogen and oxygen atoms in total. The Hall–Kier alpha value is -1.94. The predicted molar refractivity (Wildman–Crippen MR) is 349 cm³/mol. The molecule has 0 saturated carbocycles. The molecular formula is C68H132O17P2. The van der Waals surface area contributed by atoms with Gasteiger partial charge in [0.2, 0.25) is 0 Å². The third kappa shape index (κ3) is 62.6. The lowest BCUT2D eigenvalue weighted by atomic mass is 10.0. The molecule has 0 aliphatic carbocycles. The summed E-state index contributed by atoms with van der Waals surface area (Å²) in [4.78, 5) is 72.1. The van der Waals surface area contributed by atoms with E-state index in [0.29, 0.717) is 25.7 Å². The maximum absolute atomic E-state index is 13.0. The van der Waals surface area contributed by atoms with Crippen molar-refractivity contribution in [2.45, 2.75) is 373 Å². The van der Waals surface area contributed by atoms with Crippen molar-refractivity contribution < 1.29 is 80.2 Å². The van der Waals surface area contributed by atoms with Crippen LogP contribution in [-0.4, -0.2) is 96.7 Å². The van der Waals surface area contributed by atoms with Gasteiger partial charge in [0.05, 0.1) is 26.4 Å². The monoisotopic (exact) mass is 1280 g/mol. The summed E-state index contributed by atoms with van der Waals surface area (Å²) in [6.45, 7) is 4.84. The third-order valence-electron chi connectivity index (χ3n) is 15.9. The number of rotatable bonds is 69. The first kappa shape index (κ1) is 85.1. The summed E-state index contributed by atoms with van der Waals surface area (Å²) in [6, 6.07) is 0. The fourth-order valence-corrected chi connectivity index (χ4v) is 11.9. The van der Waals surface area contributed by atoms with Gasteiger partial charge in [-0.3, -0.25) is 37.3 Å². The fourth-order valence-electron chi connectivity index (χ4n) is 10.3. The van der Waals surface area contributed by atoms with Crippen molar-refractivity contribution in [3.63, 3.8) is 0 Å². The average Bonchev–Trinajstić information content (AvgIpc) is 3.60. The van der Waals surface area contributed by atoms with Gasteiger partial charge in [-0.1, -0.05) is 304 Å². The van der Waals surface area contributed by atoms with Crippen molar-refractivity contribution in [2.75, 3.05) is 39.6 Å². The van der Waals surface area contributed by atoms with Crippen LogP contribution < -0.4 is 0 Å². The van der Waals surface area contributed by atoms with E-state index in [1.807, 2.05) is 0 Å². The van der Waals surface area contributed by atoms with Gasteiger partial charge in [-0.15, -0.1) is 0 Å². The van der Waals surface area contributed by atoms with E-state index in [-0.39, 0.29) is 25.7 Å². The van der Waals surface area contributed by atoms with Crippen molar-refractivity contribution in [2.24, 2.45) is 0 Å². The van der Waals surface area contributed by atoms with Gasteiger partial charge >= 0.3 is 39.5 Å². The van der Waals surface area contributed by atoms with E-state index in [2.05, 4.69) is 27.7 Å². The van der Waals surface area contributed by atoms with Gasteiger partial charge in [0.15, 0.2) is 12.2 Å². The Labute approximate surface area is 530 Å². The van der Waals surface area contributed by atoms with Crippen LogP contribution in [0.2, 0.25) is 0 Å². The zero-order valence-corrected chi connectivity index (χ0v) is 57.8. The van der Waals surface area contributed by atoms with Gasteiger partial charge < -0.3 is 33.8 Å². The number of unbranched alkanes of at least 4 members (excludes halogenated alkanes) is 43. The maximum atomic E-state index is 13.0. The number of hydrogen-bond donors (Lipinski definition) is 3. The molecule has 2 unspecified atom stereocenters. The molecule has 19 heteroatoms. The quantitative estimate of drug-likeness (QED) is 0.0222. The summed E-state index contributed by atoms with van der Waals surface area (Å²) in [5.74, 6) is -2.13. The first-order valence-corrected chi connectivity index (χ1v) is 38.8. The largest absolute Gasteiger partial charge is 0.472 e. The Morgan fingerprint density at radius 3 is 0.678 bits per heavy atom. The van der Waals surface area contributed by atoms with Crippen molar-refractivity contribution in [3.05, 3.63) is 0 Å². The zero-order chi connectivity index (χ0) is 64.0. The zero-order valence-electron chi connectivity index (χ0n) is 56.0. The van der Waals surface area contributed by atoms with Crippen LogP contribution in [-0.2, 0) is 65.4 Å². The Morgan fingerprint density at radius 2 is 0.460 bits per heavy atom. The number of aliphatic hydroxyl groups excluding tert-OH is 1. The van der Waals surface area contributed by atoms with E-state index in [9.17, 15) is 43.2 Å². The Balaban J connectivity index is 5.15. The predicted octanol–water partition coefficient (Wildman–Crippen LogP) is 19.5. The molecule has 0 rings (SSSR count). The lowest BCUT2D eigenvalue weighted by Gasteiger charge is -2.21. The van der Waals surface area contributed by atoms with E-state index in [0.717, 1.165) is 96.3 Å². The fraction of sp³-hybridized carbons (Fsp3) is 0.941. The normalized spacial score (nSPS) is 14.1. The van der Waals surface area contributed by atoms with Crippen molar-refractivity contribution in [1.29, 1.82) is 0 Å². The van der Waals surface area contributed by atoms with E-state index in [4.69, 9.17) is 37.0 Å². The number of esters is 4. The van der Waals surface area contributed by atoms with Gasteiger partial charge in [-0.05, 0) is 25.7 Å². The smallest absolute Gasteiger partial charge is 0.462 e. The second-order valence-electron chi connectivity index (χ2n) is 24.6. The molecule has 0 bridgehead atoms. The van der Waals surface area contributed by atoms with Crippen molar-refractivity contribution >= 4 is 39.5 Å². The molecule has 516 valence electrons. The summed E-state index contributed by atoms with van der Waals surface area (Å²) in [7, 11) is -9.88. The van der Waals surface area contributed by atoms with Gasteiger partial charge in [0.1, 0.15) is 19.3 Å². The summed E-state index contributed by atoms with van der Waals surface area (Å²) >= 11 is 0. The van der Waals surface area contributed by atoms with Crippen LogP contribution >= 0.6 is 15.6 Å². The number of aliphatic hydroxyl groups is 1. The van der Waals surface area contributed by atoms with Crippen LogP contribution in [0.15, 0.2) is 0 Å². The highest BCUT2D eigenvalue weighted by Gasteiger charge is 2.30. The average molecular weight is 1280 g/mol. The van der Waals surface area contributed by atoms with Gasteiger partial charge in [0, 0.05) is 25.7 Å². The highest BCUT2D eigenvalue weighted by Crippen LogP contribution is 2.45. The number of phosphoric ester groups is 2. The van der Waals surface area contributed by atoms with E-state index in [1.165, 1.54) is 180 Å². The molecule has 0 aromatic carbocycles. The lowest BCUT2D eigenvalue weighted by molar-refractivity contribution is -0.161. The molecule has 3 N–H and O–H groups in total. The second-order valence-corrected chi connectivity index (χ2v) is 27.5. The molecule has 0 saturated heterocycles. The molecule has 0 fully saturated rings. The lowest BCUT2D eigenvalue weighted by Crippen LogP contribution is -2.30. The van der Waals surface area contributed by atoms with Crippen LogP contribution in [0.4, 0.5) is 0 Å². The first-order valence-electron chi connectivity index (χ1n) is 35.8. The van der Waals surface area contributed by atoms with Crippen molar-refractivity contribution in [1.82, 2.24) is 0 Å². The Kier molecular flexibility index (Phi) is 61.4.